The lowest BCUT2D eigenvalue weighted by Gasteiger charge is -1.98. The van der Waals surface area contributed by atoms with E-state index in [0.29, 0.717) is 0 Å². The molecule has 1 nitrogen and oxygen atoms in total. The molecule has 0 aliphatic rings. The lowest BCUT2D eigenvalue weighted by Crippen LogP contribution is -1.88. The summed E-state index contributed by atoms with van der Waals surface area (Å²) in [6.07, 6.45) is 0. The van der Waals surface area contributed by atoms with Crippen LogP contribution in [0.3, 0.4) is 0 Å². The minimum atomic E-state index is 0.884. The Morgan fingerprint density at radius 2 is 1.42 bits per heavy atom. The molecule has 0 radical (unpaired) electrons. The van der Waals surface area contributed by atoms with Crippen molar-refractivity contribution in [1.29, 1.82) is 0 Å². The standard InChI is InChI=1S/C10H12.C8H11N/c1-8(2)10-6-4-9(3)5-7-10;1-6-3-4-7(2)8(9)5-6/h4-7H,1H2,2-3H3;3-5H,9H2,1-2H3. The molecule has 0 bridgehead atoms. The van der Waals surface area contributed by atoms with Crippen molar-refractivity contribution in [2.45, 2.75) is 27.7 Å². The molecule has 100 valence electrons. The third kappa shape index (κ3) is 5.01. The van der Waals surface area contributed by atoms with Gasteiger partial charge in [-0.3, -0.25) is 0 Å². The van der Waals surface area contributed by atoms with Gasteiger partial charge >= 0.3 is 0 Å². The second kappa shape index (κ2) is 6.79. The summed E-state index contributed by atoms with van der Waals surface area (Å²) >= 11 is 0. The van der Waals surface area contributed by atoms with E-state index >= 15 is 0 Å². The van der Waals surface area contributed by atoms with Crippen LogP contribution in [-0.4, -0.2) is 0 Å². The van der Waals surface area contributed by atoms with Gasteiger partial charge in [-0.15, -0.1) is 0 Å². The Kier molecular flexibility index (Phi) is 5.37. The van der Waals surface area contributed by atoms with Crippen LogP contribution in [0.4, 0.5) is 5.69 Å². The number of nitrogen functional groups attached to an aromatic ring is 1. The van der Waals surface area contributed by atoms with Crippen LogP contribution in [0.1, 0.15) is 29.2 Å². The van der Waals surface area contributed by atoms with Gasteiger partial charge in [-0.2, -0.15) is 0 Å². The second-order valence-corrected chi connectivity index (χ2v) is 5.01. The summed E-state index contributed by atoms with van der Waals surface area (Å²) in [6, 6.07) is 14.5. The van der Waals surface area contributed by atoms with Gasteiger partial charge in [-0.05, 0) is 50.5 Å². The SMILES string of the molecule is C=C(C)c1ccc(C)cc1.Cc1ccc(C)c(N)c1. The van der Waals surface area contributed by atoms with Gasteiger partial charge in [-0.25, -0.2) is 0 Å². The summed E-state index contributed by atoms with van der Waals surface area (Å²) in [6.45, 7) is 12.0. The quantitative estimate of drug-likeness (QED) is 0.718. The van der Waals surface area contributed by atoms with Gasteiger partial charge < -0.3 is 5.73 Å². The molecule has 0 aliphatic carbocycles. The molecule has 0 amide bonds. The summed E-state index contributed by atoms with van der Waals surface area (Å²) < 4.78 is 0. The number of rotatable bonds is 1. The van der Waals surface area contributed by atoms with Crippen molar-refractivity contribution in [2.24, 2.45) is 0 Å². The molecule has 0 atom stereocenters. The maximum absolute atomic E-state index is 5.62. The van der Waals surface area contributed by atoms with E-state index in [2.05, 4.69) is 43.8 Å². The van der Waals surface area contributed by atoms with Crippen LogP contribution in [0.5, 0.6) is 0 Å². The highest BCUT2D eigenvalue weighted by atomic mass is 14.5. The van der Waals surface area contributed by atoms with E-state index in [1.807, 2.05) is 32.9 Å². The van der Waals surface area contributed by atoms with Gasteiger partial charge in [0.1, 0.15) is 0 Å². The largest absolute Gasteiger partial charge is 0.399 e. The maximum atomic E-state index is 5.62. The molecule has 2 aromatic carbocycles. The molecule has 0 saturated carbocycles. The van der Waals surface area contributed by atoms with Crippen LogP contribution in [0.15, 0.2) is 49.0 Å². The maximum Gasteiger partial charge on any atom is 0.0346 e. The van der Waals surface area contributed by atoms with Crippen molar-refractivity contribution in [1.82, 2.24) is 0 Å². The average molecular weight is 253 g/mol. The zero-order valence-corrected chi connectivity index (χ0v) is 12.3. The fraction of sp³-hybridized carbons (Fsp3) is 0.222. The first-order chi connectivity index (χ1) is 8.90. The number of benzene rings is 2. The van der Waals surface area contributed by atoms with E-state index in [1.165, 1.54) is 16.7 Å². The third-order valence-corrected chi connectivity index (χ3v) is 2.98. The summed E-state index contributed by atoms with van der Waals surface area (Å²) in [7, 11) is 0. The Hall–Kier alpha value is -2.02. The van der Waals surface area contributed by atoms with Gasteiger partial charge in [0, 0.05) is 5.69 Å². The molecule has 2 aromatic rings. The second-order valence-electron chi connectivity index (χ2n) is 5.01. The van der Waals surface area contributed by atoms with Crippen molar-refractivity contribution in [2.75, 3.05) is 5.73 Å². The van der Waals surface area contributed by atoms with Gasteiger partial charge in [0.05, 0.1) is 0 Å². The van der Waals surface area contributed by atoms with Crippen molar-refractivity contribution in [3.8, 4) is 0 Å². The summed E-state index contributed by atoms with van der Waals surface area (Å²) in [5.74, 6) is 0. The molecular weight excluding hydrogens is 230 g/mol. The predicted octanol–water partition coefficient (Wildman–Crippen LogP) is 4.91. The molecule has 0 aliphatic heterocycles. The molecule has 2 N–H and O–H groups in total. The van der Waals surface area contributed by atoms with E-state index < -0.39 is 0 Å². The van der Waals surface area contributed by atoms with Crippen LogP contribution in [0.25, 0.3) is 5.57 Å². The zero-order chi connectivity index (χ0) is 14.4. The van der Waals surface area contributed by atoms with Crippen LogP contribution in [0.2, 0.25) is 0 Å². The normalized spacial score (nSPS) is 9.47. The van der Waals surface area contributed by atoms with Gasteiger partial charge in [0.25, 0.3) is 0 Å². The molecule has 0 heterocycles. The first-order valence-corrected chi connectivity index (χ1v) is 6.45. The van der Waals surface area contributed by atoms with E-state index in [-0.39, 0.29) is 0 Å². The highest BCUT2D eigenvalue weighted by Crippen LogP contribution is 2.11. The minimum absolute atomic E-state index is 0.884. The number of hydrogen-bond donors (Lipinski definition) is 1. The monoisotopic (exact) mass is 253 g/mol. The number of nitrogens with two attached hydrogens (primary N) is 1. The minimum Gasteiger partial charge on any atom is -0.399 e. The van der Waals surface area contributed by atoms with Gasteiger partial charge in [-0.1, -0.05) is 54.1 Å². The van der Waals surface area contributed by atoms with Crippen LogP contribution in [-0.2, 0) is 0 Å². The highest BCUT2D eigenvalue weighted by molar-refractivity contribution is 5.61. The molecule has 0 aromatic heterocycles. The first-order valence-electron chi connectivity index (χ1n) is 6.45. The number of anilines is 1. The Balaban J connectivity index is 0.000000191. The fourth-order valence-electron chi connectivity index (χ4n) is 1.60. The number of hydrogen-bond acceptors (Lipinski definition) is 1. The molecule has 1 heteroatoms. The third-order valence-electron chi connectivity index (χ3n) is 2.98. The predicted molar refractivity (Wildman–Crippen MR) is 86.2 cm³/mol. The van der Waals surface area contributed by atoms with Crippen LogP contribution in [0, 0.1) is 20.8 Å². The summed E-state index contributed by atoms with van der Waals surface area (Å²) in [5, 5.41) is 0. The van der Waals surface area contributed by atoms with Crippen LogP contribution >= 0.6 is 0 Å². The average Bonchev–Trinajstić information content (AvgIpc) is 2.35. The molecule has 0 spiro atoms. The van der Waals surface area contributed by atoms with E-state index in [0.717, 1.165) is 16.8 Å². The molecule has 0 saturated heterocycles. The Morgan fingerprint density at radius 3 is 1.84 bits per heavy atom. The van der Waals surface area contributed by atoms with Gasteiger partial charge in [0.2, 0.25) is 0 Å². The van der Waals surface area contributed by atoms with Crippen molar-refractivity contribution in [3.63, 3.8) is 0 Å². The topological polar surface area (TPSA) is 26.0 Å². The van der Waals surface area contributed by atoms with E-state index in [4.69, 9.17) is 5.73 Å². The Bertz CT molecular complexity index is 550. The Labute approximate surface area is 116 Å². The fourth-order valence-corrected chi connectivity index (χ4v) is 1.60. The lowest BCUT2D eigenvalue weighted by atomic mass is 10.1. The summed E-state index contributed by atoms with van der Waals surface area (Å²) in [5.41, 5.74) is 12.5. The van der Waals surface area contributed by atoms with E-state index in [9.17, 15) is 0 Å². The van der Waals surface area contributed by atoms with Crippen molar-refractivity contribution >= 4 is 11.3 Å². The number of allylic oxidation sites excluding steroid dienone is 1. The zero-order valence-electron chi connectivity index (χ0n) is 12.3. The van der Waals surface area contributed by atoms with Crippen molar-refractivity contribution < 1.29 is 0 Å². The highest BCUT2D eigenvalue weighted by Gasteiger charge is 1.90. The van der Waals surface area contributed by atoms with Gasteiger partial charge in [0.15, 0.2) is 0 Å². The summed E-state index contributed by atoms with van der Waals surface area (Å²) in [4.78, 5) is 0. The van der Waals surface area contributed by atoms with Crippen LogP contribution < -0.4 is 5.73 Å². The molecule has 19 heavy (non-hydrogen) atoms. The van der Waals surface area contributed by atoms with E-state index in [1.54, 1.807) is 0 Å². The first kappa shape index (κ1) is 15.0. The number of aryl methyl sites for hydroxylation is 3. The lowest BCUT2D eigenvalue weighted by molar-refractivity contribution is 1.40. The molecule has 0 unspecified atom stereocenters. The Morgan fingerprint density at radius 1 is 0.895 bits per heavy atom. The molecular formula is C18H23N. The smallest absolute Gasteiger partial charge is 0.0346 e. The van der Waals surface area contributed by atoms with Crippen molar-refractivity contribution in [3.05, 3.63) is 71.3 Å². The molecule has 2 rings (SSSR count). The molecule has 0 fully saturated rings.